The molecule has 0 amide bonds. The number of sulfonamides is 2. The maximum absolute atomic E-state index is 12.6. The molecule has 0 unspecified atom stereocenters. The van der Waals surface area contributed by atoms with Crippen molar-refractivity contribution in [2.24, 2.45) is 11.1 Å². The number of nitrogens with zero attached hydrogens (tertiary/aromatic N) is 3. The van der Waals surface area contributed by atoms with Crippen LogP contribution in [0.5, 0.6) is 0 Å². The molecule has 1 aromatic carbocycles. The first-order valence-electron chi connectivity index (χ1n) is 11.2. The molecule has 0 aliphatic heterocycles. The van der Waals surface area contributed by atoms with Crippen LogP contribution in [0, 0.1) is 5.92 Å². The zero-order valence-electron chi connectivity index (χ0n) is 19.0. The molecule has 1 fully saturated rings. The number of nitrogens with one attached hydrogen (secondary N) is 2. The summed E-state index contributed by atoms with van der Waals surface area (Å²) >= 11 is 0. The van der Waals surface area contributed by atoms with Gasteiger partial charge in [-0.1, -0.05) is 12.1 Å². The van der Waals surface area contributed by atoms with Crippen molar-refractivity contribution in [3.63, 3.8) is 0 Å². The van der Waals surface area contributed by atoms with Gasteiger partial charge in [-0.15, -0.1) is 0 Å². The van der Waals surface area contributed by atoms with Gasteiger partial charge in [-0.25, -0.2) is 36.7 Å². The van der Waals surface area contributed by atoms with E-state index in [1.807, 2.05) is 19.3 Å². The minimum absolute atomic E-state index is 0.0373. The highest BCUT2D eigenvalue weighted by Crippen LogP contribution is 2.32. The first-order valence-corrected chi connectivity index (χ1v) is 14.4. The fraction of sp³-hybridized carbons (Fsp3) is 0.455. The summed E-state index contributed by atoms with van der Waals surface area (Å²) in [4.78, 5) is 14.0. The van der Waals surface area contributed by atoms with E-state index in [2.05, 4.69) is 24.6 Å². The summed E-state index contributed by atoms with van der Waals surface area (Å²) in [6.45, 7) is 0.259. The molecule has 10 nitrogen and oxygen atoms in total. The predicted octanol–water partition coefficient (Wildman–Crippen LogP) is 1.76. The molecule has 34 heavy (non-hydrogen) atoms. The Kier molecular flexibility index (Phi) is 7.22. The molecular weight excluding hydrogens is 476 g/mol. The van der Waals surface area contributed by atoms with E-state index in [0.29, 0.717) is 12.5 Å². The summed E-state index contributed by atoms with van der Waals surface area (Å²) < 4.78 is 50.5. The molecule has 2 aromatic heterocycles. The van der Waals surface area contributed by atoms with Crippen molar-refractivity contribution in [2.45, 2.75) is 43.0 Å². The Hall–Kier alpha value is -2.54. The Balaban J connectivity index is 1.25. The van der Waals surface area contributed by atoms with Crippen LogP contribution < -0.4 is 14.8 Å². The monoisotopic (exact) mass is 506 g/mol. The fourth-order valence-corrected chi connectivity index (χ4v) is 6.58. The number of H-pyrrole nitrogens is 1. The van der Waals surface area contributed by atoms with E-state index in [9.17, 15) is 16.8 Å². The lowest BCUT2D eigenvalue weighted by molar-refractivity contribution is 0.340. The third kappa shape index (κ3) is 5.93. The number of aromatic amines is 1. The third-order valence-corrected chi connectivity index (χ3v) is 8.96. The molecule has 1 saturated carbocycles. The first kappa shape index (κ1) is 24.6. The van der Waals surface area contributed by atoms with Gasteiger partial charge < -0.3 is 9.88 Å². The quantitative estimate of drug-likeness (QED) is 0.400. The van der Waals surface area contributed by atoms with Crippen molar-refractivity contribution in [3.05, 3.63) is 48.4 Å². The molecule has 1 aliphatic carbocycles. The van der Waals surface area contributed by atoms with Gasteiger partial charge in [0.1, 0.15) is 17.8 Å². The third-order valence-electron chi connectivity index (χ3n) is 6.47. The van der Waals surface area contributed by atoms with Crippen LogP contribution in [0.15, 0.2) is 47.8 Å². The molecule has 2 heterocycles. The number of hydrogen-bond donors (Lipinski definition) is 3. The van der Waals surface area contributed by atoms with E-state index >= 15 is 0 Å². The van der Waals surface area contributed by atoms with Gasteiger partial charge in [0.15, 0.2) is 0 Å². The molecule has 3 aromatic rings. The van der Waals surface area contributed by atoms with Crippen LogP contribution >= 0.6 is 0 Å². The summed E-state index contributed by atoms with van der Waals surface area (Å²) in [6, 6.07) is 8.42. The number of aromatic nitrogens is 3. The van der Waals surface area contributed by atoms with E-state index in [1.165, 1.54) is 12.1 Å². The van der Waals surface area contributed by atoms with Gasteiger partial charge in [-0.2, -0.15) is 0 Å². The van der Waals surface area contributed by atoms with Gasteiger partial charge in [0.05, 0.1) is 16.0 Å². The van der Waals surface area contributed by atoms with Crippen LogP contribution in [0.2, 0.25) is 0 Å². The zero-order chi connectivity index (χ0) is 24.3. The molecule has 4 rings (SSSR count). The van der Waals surface area contributed by atoms with Crippen LogP contribution in [-0.4, -0.2) is 57.2 Å². The zero-order valence-corrected chi connectivity index (χ0v) is 20.6. The van der Waals surface area contributed by atoms with Crippen molar-refractivity contribution in [1.29, 1.82) is 0 Å². The molecule has 184 valence electrons. The largest absolute Gasteiger partial charge is 0.356 e. The number of primary sulfonamides is 1. The van der Waals surface area contributed by atoms with E-state index in [1.54, 1.807) is 18.5 Å². The maximum atomic E-state index is 12.6. The highest BCUT2D eigenvalue weighted by molar-refractivity contribution is 7.89. The summed E-state index contributed by atoms with van der Waals surface area (Å²) in [5, 5.41) is 6.08. The van der Waals surface area contributed by atoms with Crippen molar-refractivity contribution < 1.29 is 16.8 Å². The lowest BCUT2D eigenvalue weighted by Crippen LogP contribution is -2.38. The average Bonchev–Trinajstić information content (AvgIpc) is 3.27. The first-order chi connectivity index (χ1) is 16.1. The van der Waals surface area contributed by atoms with Gasteiger partial charge in [0, 0.05) is 25.8 Å². The highest BCUT2D eigenvalue weighted by atomic mass is 32.2. The van der Waals surface area contributed by atoms with Crippen molar-refractivity contribution in [2.75, 3.05) is 24.2 Å². The lowest BCUT2D eigenvalue weighted by atomic mass is 9.86. The number of anilines is 1. The molecule has 0 atom stereocenters. The number of nitrogens with two attached hydrogens (primary N) is 1. The van der Waals surface area contributed by atoms with Gasteiger partial charge in [-0.3, -0.25) is 0 Å². The van der Waals surface area contributed by atoms with Crippen LogP contribution in [0.3, 0.4) is 0 Å². The van der Waals surface area contributed by atoms with Crippen LogP contribution in [-0.2, 0) is 26.5 Å². The maximum Gasteiger partial charge on any atom is 0.238 e. The molecule has 0 saturated heterocycles. The van der Waals surface area contributed by atoms with E-state index in [0.717, 1.165) is 48.1 Å². The van der Waals surface area contributed by atoms with Gasteiger partial charge in [0.2, 0.25) is 20.0 Å². The standard InChI is InChI=1S/C22H30N6O4S2/c1-28(22-20-11-12-24-21(20)25-15-26-22)18-6-2-17(3-7-18)14-33(29,30)27-13-10-16-4-8-19(9-5-16)34(23,31)32/h4-5,8-9,11-12,15,17-18,27H,2-3,6-7,10,13-14H2,1H3,(H2,23,31,32)(H,24,25,26). The normalized spacial score (nSPS) is 19.4. The predicted molar refractivity (Wildman–Crippen MR) is 131 cm³/mol. The molecule has 0 radical (unpaired) electrons. The Morgan fingerprint density at radius 1 is 1.06 bits per heavy atom. The number of fused-ring (bicyclic) bond motifs is 1. The van der Waals surface area contributed by atoms with Gasteiger partial charge in [-0.05, 0) is 61.8 Å². The Morgan fingerprint density at radius 3 is 2.44 bits per heavy atom. The Morgan fingerprint density at radius 2 is 1.76 bits per heavy atom. The summed E-state index contributed by atoms with van der Waals surface area (Å²) in [6.07, 6.45) is 7.37. The van der Waals surface area contributed by atoms with Crippen molar-refractivity contribution in [1.82, 2.24) is 19.7 Å². The molecule has 1 aliphatic rings. The molecule has 0 spiro atoms. The number of hydrogen-bond acceptors (Lipinski definition) is 7. The van der Waals surface area contributed by atoms with E-state index in [-0.39, 0.29) is 23.1 Å². The minimum Gasteiger partial charge on any atom is -0.356 e. The highest BCUT2D eigenvalue weighted by Gasteiger charge is 2.28. The van der Waals surface area contributed by atoms with Crippen molar-refractivity contribution in [3.8, 4) is 0 Å². The lowest BCUT2D eigenvalue weighted by Gasteiger charge is -2.35. The van der Waals surface area contributed by atoms with Gasteiger partial charge >= 0.3 is 0 Å². The Labute approximate surface area is 200 Å². The molecule has 0 bridgehead atoms. The topological polar surface area (TPSA) is 151 Å². The SMILES string of the molecule is CN(c1ncnc2[nH]ccc12)C1CCC(CS(=O)(=O)NCCc2ccc(S(N)(=O)=O)cc2)CC1. The van der Waals surface area contributed by atoms with Gasteiger partial charge in [0.25, 0.3) is 0 Å². The van der Waals surface area contributed by atoms with E-state index < -0.39 is 20.0 Å². The molecule has 12 heteroatoms. The minimum atomic E-state index is -3.73. The number of rotatable bonds is 9. The second kappa shape index (κ2) is 9.98. The fourth-order valence-electron chi connectivity index (χ4n) is 4.58. The second-order valence-corrected chi connectivity index (χ2v) is 12.3. The van der Waals surface area contributed by atoms with Crippen LogP contribution in [0.1, 0.15) is 31.2 Å². The molecular formula is C22H30N6O4S2. The number of benzene rings is 1. The summed E-state index contributed by atoms with van der Waals surface area (Å²) in [5.74, 6) is 1.12. The second-order valence-electron chi connectivity index (χ2n) is 8.84. The van der Waals surface area contributed by atoms with Crippen molar-refractivity contribution >= 4 is 36.9 Å². The van der Waals surface area contributed by atoms with Crippen LogP contribution in [0.25, 0.3) is 11.0 Å². The Bertz CT molecular complexity index is 1330. The van der Waals surface area contributed by atoms with Crippen LogP contribution in [0.4, 0.5) is 5.82 Å². The molecule has 4 N–H and O–H groups in total. The smallest absolute Gasteiger partial charge is 0.238 e. The summed E-state index contributed by atoms with van der Waals surface area (Å²) in [7, 11) is -5.10. The van der Waals surface area contributed by atoms with E-state index in [4.69, 9.17) is 5.14 Å². The summed E-state index contributed by atoms with van der Waals surface area (Å²) in [5.41, 5.74) is 1.64. The average molecular weight is 507 g/mol.